The molecule has 1 heterocycles. The van der Waals surface area contributed by atoms with Crippen LogP contribution in [0.3, 0.4) is 0 Å². The van der Waals surface area contributed by atoms with Crippen molar-refractivity contribution in [3.05, 3.63) is 70.8 Å². The maximum Gasteiger partial charge on any atom is 0.215 e. The number of rotatable bonds is 8. The molecule has 0 saturated heterocycles. The molecule has 1 aliphatic heterocycles. The van der Waals surface area contributed by atoms with E-state index in [0.29, 0.717) is 6.54 Å². The highest BCUT2D eigenvalue weighted by molar-refractivity contribution is 7.88. The minimum Gasteiger partial charge on any atom is -0.293 e. The largest absolute Gasteiger partial charge is 0.293 e. The number of hydrogen-bond donors (Lipinski definition) is 2. The number of benzene rings is 2. The molecule has 3 rings (SSSR count). The first-order valence-electron chi connectivity index (χ1n) is 9.53. The molecule has 0 saturated carbocycles. The molecule has 0 amide bonds. The Bertz CT molecular complexity index is 920. The summed E-state index contributed by atoms with van der Waals surface area (Å²) in [6, 6.07) is 16.0. The monoisotopic (exact) mass is 400 g/mol. The van der Waals surface area contributed by atoms with E-state index in [-0.39, 0.29) is 11.7 Å². The molecule has 2 aromatic rings. The maximum atomic E-state index is 12.1. The van der Waals surface area contributed by atoms with Crippen LogP contribution in [0.5, 0.6) is 0 Å². The second kappa shape index (κ2) is 8.86. The van der Waals surface area contributed by atoms with Crippen molar-refractivity contribution in [3.63, 3.8) is 0 Å². The van der Waals surface area contributed by atoms with Gasteiger partial charge in [-0.05, 0) is 29.0 Å². The molecule has 0 atom stereocenters. The van der Waals surface area contributed by atoms with E-state index in [1.54, 1.807) is 5.01 Å². The number of sulfonamides is 1. The summed E-state index contributed by atoms with van der Waals surface area (Å²) < 4.78 is 26.9. The number of nitrogens with zero attached hydrogens (tertiary/aromatic N) is 2. The Morgan fingerprint density at radius 1 is 1.04 bits per heavy atom. The van der Waals surface area contributed by atoms with Gasteiger partial charge in [0.2, 0.25) is 10.0 Å². The van der Waals surface area contributed by atoms with Gasteiger partial charge in [-0.3, -0.25) is 10.0 Å². The van der Waals surface area contributed by atoms with Gasteiger partial charge < -0.3 is 0 Å². The van der Waals surface area contributed by atoms with E-state index >= 15 is 0 Å². The lowest BCUT2D eigenvalue weighted by atomic mass is 10.0. The first kappa shape index (κ1) is 20.5. The minimum atomic E-state index is -3.29. The van der Waals surface area contributed by atoms with Gasteiger partial charge in [0, 0.05) is 12.1 Å². The molecule has 150 valence electrons. The van der Waals surface area contributed by atoms with Crippen LogP contribution in [0.4, 0.5) is 0 Å². The van der Waals surface area contributed by atoms with Crippen molar-refractivity contribution < 1.29 is 8.42 Å². The number of hydrazine groups is 1. The van der Waals surface area contributed by atoms with E-state index in [1.165, 1.54) is 5.56 Å². The second-order valence-electron chi connectivity index (χ2n) is 7.59. The SMILES string of the molecule is CC(C)CNS(=O)(=O)Cc1ccc(Cc2ccc(C3=NCCN3N)cc2)cc1. The van der Waals surface area contributed by atoms with E-state index in [2.05, 4.69) is 21.8 Å². The molecular formula is C21H28N4O2S. The number of nitrogens with two attached hydrogens (primary N) is 1. The van der Waals surface area contributed by atoms with Crippen LogP contribution in [-0.4, -0.2) is 38.9 Å². The van der Waals surface area contributed by atoms with Gasteiger partial charge in [-0.15, -0.1) is 0 Å². The molecule has 0 aliphatic carbocycles. The molecule has 1 aliphatic rings. The molecule has 0 spiro atoms. The number of aliphatic imine (C=N–C) groups is 1. The number of nitrogens with one attached hydrogen (secondary N) is 1. The van der Waals surface area contributed by atoms with Gasteiger partial charge in [-0.25, -0.2) is 19.0 Å². The lowest BCUT2D eigenvalue weighted by Crippen LogP contribution is -2.34. The van der Waals surface area contributed by atoms with Gasteiger partial charge in [0.1, 0.15) is 5.84 Å². The van der Waals surface area contributed by atoms with Crippen molar-refractivity contribution in [2.75, 3.05) is 19.6 Å². The molecule has 0 unspecified atom stereocenters. The molecule has 2 aromatic carbocycles. The number of amidine groups is 1. The molecule has 6 nitrogen and oxygen atoms in total. The molecule has 3 N–H and O–H groups in total. The van der Waals surface area contributed by atoms with E-state index in [0.717, 1.165) is 42.0 Å². The van der Waals surface area contributed by atoms with E-state index in [1.807, 2.05) is 50.2 Å². The quantitative estimate of drug-likeness (QED) is 0.666. The van der Waals surface area contributed by atoms with Crippen molar-refractivity contribution in [1.29, 1.82) is 0 Å². The van der Waals surface area contributed by atoms with Crippen molar-refractivity contribution in [3.8, 4) is 0 Å². The Hall–Kier alpha value is -2.22. The summed E-state index contributed by atoms with van der Waals surface area (Å²) in [5, 5.41) is 1.68. The van der Waals surface area contributed by atoms with Crippen LogP contribution in [0.15, 0.2) is 53.5 Å². The third-order valence-corrected chi connectivity index (χ3v) is 5.91. The minimum absolute atomic E-state index is 0.00635. The maximum absolute atomic E-state index is 12.1. The first-order chi connectivity index (χ1) is 13.3. The highest BCUT2D eigenvalue weighted by Crippen LogP contribution is 2.15. The van der Waals surface area contributed by atoms with Gasteiger partial charge in [0.15, 0.2) is 0 Å². The predicted molar refractivity (Wildman–Crippen MR) is 113 cm³/mol. The summed E-state index contributed by atoms with van der Waals surface area (Å²) in [6.07, 6.45) is 0.789. The van der Waals surface area contributed by atoms with Crippen molar-refractivity contribution in [2.45, 2.75) is 26.0 Å². The van der Waals surface area contributed by atoms with Crippen LogP contribution in [0.25, 0.3) is 0 Å². The van der Waals surface area contributed by atoms with Gasteiger partial charge >= 0.3 is 0 Å². The third kappa shape index (κ3) is 5.64. The first-order valence-corrected chi connectivity index (χ1v) is 11.2. The molecule has 0 aromatic heterocycles. The summed E-state index contributed by atoms with van der Waals surface area (Å²) in [5.41, 5.74) is 4.14. The fourth-order valence-corrected chi connectivity index (χ4v) is 4.36. The average molecular weight is 401 g/mol. The van der Waals surface area contributed by atoms with Crippen LogP contribution < -0.4 is 10.6 Å². The molecule has 0 radical (unpaired) electrons. The van der Waals surface area contributed by atoms with Crippen LogP contribution in [0.2, 0.25) is 0 Å². The van der Waals surface area contributed by atoms with Gasteiger partial charge in [-0.2, -0.15) is 0 Å². The second-order valence-corrected chi connectivity index (χ2v) is 9.40. The zero-order chi connectivity index (χ0) is 20.1. The smallest absolute Gasteiger partial charge is 0.215 e. The summed E-state index contributed by atoms with van der Waals surface area (Å²) in [6.45, 7) is 5.92. The summed E-state index contributed by atoms with van der Waals surface area (Å²) in [4.78, 5) is 4.43. The van der Waals surface area contributed by atoms with Gasteiger partial charge in [0.25, 0.3) is 0 Å². The highest BCUT2D eigenvalue weighted by Gasteiger charge is 2.15. The topological polar surface area (TPSA) is 87.8 Å². The molecule has 28 heavy (non-hydrogen) atoms. The Labute approximate surface area is 167 Å². The van der Waals surface area contributed by atoms with Crippen LogP contribution in [0.1, 0.15) is 36.1 Å². The fourth-order valence-electron chi connectivity index (χ4n) is 3.04. The zero-order valence-electron chi connectivity index (χ0n) is 16.4. The molecule has 0 bridgehead atoms. The normalized spacial score (nSPS) is 14.6. The Balaban J connectivity index is 1.60. The molecular weight excluding hydrogens is 372 g/mol. The Morgan fingerprint density at radius 3 is 2.14 bits per heavy atom. The standard InChI is InChI=1S/C21H28N4O2S/c1-16(2)14-24-28(26,27)15-19-5-3-17(4-6-19)13-18-7-9-20(10-8-18)21-23-11-12-25(21)22/h3-10,16,24H,11-15,22H2,1-2H3. The Kier molecular flexibility index (Phi) is 6.49. The van der Waals surface area contributed by atoms with Crippen molar-refractivity contribution >= 4 is 15.9 Å². The van der Waals surface area contributed by atoms with Crippen LogP contribution in [-0.2, 0) is 22.2 Å². The summed E-state index contributed by atoms with van der Waals surface area (Å²) in [5.74, 6) is 7.05. The van der Waals surface area contributed by atoms with E-state index in [4.69, 9.17) is 5.84 Å². The van der Waals surface area contributed by atoms with E-state index < -0.39 is 10.0 Å². The van der Waals surface area contributed by atoms with Crippen LogP contribution >= 0.6 is 0 Å². The van der Waals surface area contributed by atoms with Crippen molar-refractivity contribution in [1.82, 2.24) is 9.73 Å². The highest BCUT2D eigenvalue weighted by atomic mass is 32.2. The van der Waals surface area contributed by atoms with Crippen molar-refractivity contribution in [2.24, 2.45) is 16.8 Å². The van der Waals surface area contributed by atoms with E-state index in [9.17, 15) is 8.42 Å². The van der Waals surface area contributed by atoms with Gasteiger partial charge in [0.05, 0.1) is 18.8 Å². The zero-order valence-corrected chi connectivity index (χ0v) is 17.2. The Morgan fingerprint density at radius 2 is 1.61 bits per heavy atom. The third-order valence-electron chi connectivity index (χ3n) is 4.59. The fraction of sp³-hybridized carbons (Fsp3) is 0.381. The van der Waals surface area contributed by atoms with Crippen LogP contribution in [0, 0.1) is 5.92 Å². The number of hydrogen-bond acceptors (Lipinski definition) is 5. The van der Waals surface area contributed by atoms with Gasteiger partial charge in [-0.1, -0.05) is 62.4 Å². The molecule has 0 fully saturated rings. The predicted octanol–water partition coefficient (Wildman–Crippen LogP) is 2.29. The summed E-state index contributed by atoms with van der Waals surface area (Å²) in [7, 11) is -3.29. The summed E-state index contributed by atoms with van der Waals surface area (Å²) >= 11 is 0. The average Bonchev–Trinajstić information content (AvgIpc) is 3.08. The lowest BCUT2D eigenvalue weighted by molar-refractivity contribution is 0.484. The lowest BCUT2D eigenvalue weighted by Gasteiger charge is -2.13. The molecule has 7 heteroatoms.